The van der Waals surface area contributed by atoms with Crippen molar-refractivity contribution in [1.29, 1.82) is 0 Å². The SMILES string of the molecule is CCc1cc2c(Cl)nc(NCCCOC)nc2s1. The van der Waals surface area contributed by atoms with E-state index in [-0.39, 0.29) is 0 Å². The normalized spacial score (nSPS) is 11.1. The van der Waals surface area contributed by atoms with E-state index in [9.17, 15) is 0 Å². The Balaban J connectivity index is 2.14. The van der Waals surface area contributed by atoms with Gasteiger partial charge in [-0.1, -0.05) is 18.5 Å². The smallest absolute Gasteiger partial charge is 0.225 e. The van der Waals surface area contributed by atoms with Gasteiger partial charge in [0.1, 0.15) is 9.98 Å². The molecule has 2 aromatic rings. The van der Waals surface area contributed by atoms with Crippen molar-refractivity contribution in [2.75, 3.05) is 25.6 Å². The van der Waals surface area contributed by atoms with Gasteiger partial charge in [0.15, 0.2) is 0 Å². The van der Waals surface area contributed by atoms with E-state index >= 15 is 0 Å². The van der Waals surface area contributed by atoms with Gasteiger partial charge in [0, 0.05) is 30.5 Å². The first-order chi connectivity index (χ1) is 8.74. The maximum atomic E-state index is 6.16. The molecule has 98 valence electrons. The summed E-state index contributed by atoms with van der Waals surface area (Å²) in [6, 6.07) is 2.07. The maximum absolute atomic E-state index is 6.16. The molecule has 0 radical (unpaired) electrons. The van der Waals surface area contributed by atoms with Crippen LogP contribution in [-0.4, -0.2) is 30.2 Å². The molecule has 2 rings (SSSR count). The molecule has 0 saturated heterocycles. The summed E-state index contributed by atoms with van der Waals surface area (Å²) in [7, 11) is 1.69. The number of ether oxygens (including phenoxy) is 1. The molecule has 0 atom stereocenters. The molecule has 18 heavy (non-hydrogen) atoms. The first-order valence-electron chi connectivity index (χ1n) is 5.93. The van der Waals surface area contributed by atoms with E-state index in [1.807, 2.05) is 0 Å². The summed E-state index contributed by atoms with van der Waals surface area (Å²) in [6.45, 7) is 3.62. The van der Waals surface area contributed by atoms with Gasteiger partial charge in [0.2, 0.25) is 5.95 Å². The Labute approximate surface area is 115 Å². The van der Waals surface area contributed by atoms with Gasteiger partial charge in [-0.3, -0.25) is 0 Å². The van der Waals surface area contributed by atoms with Crippen LogP contribution in [0.5, 0.6) is 0 Å². The number of nitrogens with zero attached hydrogens (tertiary/aromatic N) is 2. The predicted octanol–water partition coefficient (Wildman–Crippen LogP) is 3.36. The molecule has 0 saturated carbocycles. The molecule has 0 aliphatic rings. The van der Waals surface area contributed by atoms with Gasteiger partial charge < -0.3 is 10.1 Å². The molecule has 0 bridgehead atoms. The molecule has 0 aliphatic carbocycles. The molecule has 0 aromatic carbocycles. The van der Waals surface area contributed by atoms with Gasteiger partial charge in [0.25, 0.3) is 0 Å². The molecular weight excluding hydrogens is 270 g/mol. The van der Waals surface area contributed by atoms with Crippen LogP contribution in [0.1, 0.15) is 18.2 Å². The first-order valence-corrected chi connectivity index (χ1v) is 7.12. The summed E-state index contributed by atoms with van der Waals surface area (Å²) in [5.74, 6) is 0.591. The second-order valence-corrected chi connectivity index (χ2v) is 5.37. The highest BCUT2D eigenvalue weighted by atomic mass is 35.5. The van der Waals surface area contributed by atoms with Crippen LogP contribution in [-0.2, 0) is 11.2 Å². The lowest BCUT2D eigenvalue weighted by Gasteiger charge is -2.04. The number of aryl methyl sites for hydroxylation is 1. The molecular formula is C12H16ClN3OS. The van der Waals surface area contributed by atoms with Crippen molar-refractivity contribution in [3.05, 3.63) is 16.1 Å². The highest BCUT2D eigenvalue weighted by molar-refractivity contribution is 7.18. The van der Waals surface area contributed by atoms with Gasteiger partial charge in [-0.2, -0.15) is 0 Å². The maximum Gasteiger partial charge on any atom is 0.225 e. The lowest BCUT2D eigenvalue weighted by Crippen LogP contribution is -2.07. The van der Waals surface area contributed by atoms with Crippen LogP contribution in [0.2, 0.25) is 5.15 Å². The van der Waals surface area contributed by atoms with Gasteiger partial charge >= 0.3 is 0 Å². The quantitative estimate of drug-likeness (QED) is 0.653. The second kappa shape index (κ2) is 6.31. The van der Waals surface area contributed by atoms with Crippen molar-refractivity contribution in [2.45, 2.75) is 19.8 Å². The summed E-state index contributed by atoms with van der Waals surface area (Å²) >= 11 is 7.83. The van der Waals surface area contributed by atoms with Gasteiger partial charge in [0.05, 0.1) is 0 Å². The molecule has 0 amide bonds. The van der Waals surface area contributed by atoms with E-state index in [1.165, 1.54) is 4.88 Å². The highest BCUT2D eigenvalue weighted by Gasteiger charge is 2.09. The monoisotopic (exact) mass is 285 g/mol. The van der Waals surface area contributed by atoms with Crippen LogP contribution in [0.15, 0.2) is 6.07 Å². The van der Waals surface area contributed by atoms with Crippen LogP contribution in [0.4, 0.5) is 5.95 Å². The topological polar surface area (TPSA) is 47.0 Å². The van der Waals surface area contributed by atoms with E-state index in [4.69, 9.17) is 16.3 Å². The predicted molar refractivity (Wildman–Crippen MR) is 76.8 cm³/mol. The minimum atomic E-state index is 0.519. The van der Waals surface area contributed by atoms with Crippen molar-refractivity contribution < 1.29 is 4.74 Å². The molecule has 1 N–H and O–H groups in total. The van der Waals surface area contributed by atoms with E-state index in [0.717, 1.165) is 36.2 Å². The van der Waals surface area contributed by atoms with E-state index in [2.05, 4.69) is 28.3 Å². The van der Waals surface area contributed by atoms with Crippen molar-refractivity contribution in [3.8, 4) is 0 Å². The number of thiophene rings is 1. The van der Waals surface area contributed by atoms with Crippen LogP contribution in [0, 0.1) is 0 Å². The molecule has 0 fully saturated rings. The Morgan fingerprint density at radius 1 is 1.44 bits per heavy atom. The summed E-state index contributed by atoms with van der Waals surface area (Å²) in [4.78, 5) is 11.0. The van der Waals surface area contributed by atoms with Gasteiger partial charge in [-0.05, 0) is 18.9 Å². The molecule has 2 aromatic heterocycles. The van der Waals surface area contributed by atoms with E-state index in [1.54, 1.807) is 18.4 Å². The van der Waals surface area contributed by atoms with Gasteiger partial charge in [-0.25, -0.2) is 9.97 Å². The third-order valence-corrected chi connectivity index (χ3v) is 4.02. The number of halogens is 1. The van der Waals surface area contributed by atoms with Crippen LogP contribution < -0.4 is 5.32 Å². The van der Waals surface area contributed by atoms with E-state index in [0.29, 0.717) is 11.1 Å². The van der Waals surface area contributed by atoms with Crippen LogP contribution >= 0.6 is 22.9 Å². The minimum Gasteiger partial charge on any atom is -0.385 e. The first kappa shape index (κ1) is 13.5. The Morgan fingerprint density at radius 2 is 2.28 bits per heavy atom. The lowest BCUT2D eigenvalue weighted by molar-refractivity contribution is 0.197. The fourth-order valence-electron chi connectivity index (χ4n) is 1.61. The van der Waals surface area contributed by atoms with E-state index < -0.39 is 0 Å². The summed E-state index contributed by atoms with van der Waals surface area (Å²) < 4.78 is 4.99. The lowest BCUT2D eigenvalue weighted by atomic mass is 10.3. The summed E-state index contributed by atoms with van der Waals surface area (Å²) in [5, 5.41) is 4.62. The number of methoxy groups -OCH3 is 1. The molecule has 4 nitrogen and oxygen atoms in total. The van der Waals surface area contributed by atoms with Crippen molar-refractivity contribution in [3.63, 3.8) is 0 Å². The second-order valence-electron chi connectivity index (χ2n) is 3.90. The standard InChI is InChI=1S/C12H16ClN3OS/c1-3-8-7-9-10(13)15-12(16-11(9)18-8)14-5-4-6-17-2/h7H,3-6H2,1-2H3,(H,14,15,16). The summed E-state index contributed by atoms with van der Waals surface area (Å²) in [5.41, 5.74) is 0. The van der Waals surface area contributed by atoms with Crippen molar-refractivity contribution in [2.24, 2.45) is 0 Å². The number of nitrogens with one attached hydrogen (secondary N) is 1. The Bertz CT molecular complexity index is 529. The highest BCUT2D eigenvalue weighted by Crippen LogP contribution is 2.29. The zero-order valence-electron chi connectivity index (χ0n) is 10.5. The Morgan fingerprint density at radius 3 is 3.00 bits per heavy atom. The summed E-state index contributed by atoms with van der Waals surface area (Å²) in [6.07, 6.45) is 1.91. The largest absolute Gasteiger partial charge is 0.385 e. The Hall–Kier alpha value is -0.910. The van der Waals surface area contributed by atoms with Crippen molar-refractivity contribution >= 4 is 39.1 Å². The van der Waals surface area contributed by atoms with Gasteiger partial charge in [-0.15, -0.1) is 11.3 Å². The average molecular weight is 286 g/mol. The number of rotatable bonds is 6. The molecule has 0 aliphatic heterocycles. The minimum absolute atomic E-state index is 0.519. The number of hydrogen-bond donors (Lipinski definition) is 1. The molecule has 0 spiro atoms. The molecule has 2 heterocycles. The zero-order valence-corrected chi connectivity index (χ0v) is 12.1. The Kier molecular flexibility index (Phi) is 4.74. The molecule has 6 heteroatoms. The fourth-order valence-corrected chi connectivity index (χ4v) is 2.85. The van der Waals surface area contributed by atoms with Crippen LogP contribution in [0.3, 0.4) is 0 Å². The number of aromatic nitrogens is 2. The third-order valence-electron chi connectivity index (χ3n) is 2.55. The number of fused-ring (bicyclic) bond motifs is 1. The number of anilines is 1. The van der Waals surface area contributed by atoms with Crippen LogP contribution in [0.25, 0.3) is 10.2 Å². The molecule has 0 unspecified atom stereocenters. The average Bonchev–Trinajstić information content (AvgIpc) is 2.78. The number of hydrogen-bond acceptors (Lipinski definition) is 5. The third kappa shape index (κ3) is 3.10. The zero-order chi connectivity index (χ0) is 13.0. The fraction of sp³-hybridized carbons (Fsp3) is 0.500. The van der Waals surface area contributed by atoms with Crippen molar-refractivity contribution in [1.82, 2.24) is 9.97 Å².